The Morgan fingerprint density at radius 1 is 1.26 bits per heavy atom. The maximum atomic E-state index is 14.6. The highest BCUT2D eigenvalue weighted by molar-refractivity contribution is 5.87. The summed E-state index contributed by atoms with van der Waals surface area (Å²) in [4.78, 5) is 36.8. The van der Waals surface area contributed by atoms with Crippen LogP contribution in [-0.2, 0) is 9.53 Å². The highest BCUT2D eigenvalue weighted by Crippen LogP contribution is 2.31. The van der Waals surface area contributed by atoms with Crippen molar-refractivity contribution < 1.29 is 42.1 Å². The van der Waals surface area contributed by atoms with Crippen molar-refractivity contribution in [2.75, 3.05) is 13.1 Å². The molecule has 0 saturated carbocycles. The lowest BCUT2D eigenvalue weighted by Gasteiger charge is -2.30. The molecule has 11 heteroatoms. The van der Waals surface area contributed by atoms with E-state index in [2.05, 4.69) is 10.1 Å². The van der Waals surface area contributed by atoms with Crippen LogP contribution < -0.4 is 10.1 Å². The Hall–Kier alpha value is -2.98. The molecule has 0 radical (unpaired) electrons. The summed E-state index contributed by atoms with van der Waals surface area (Å²) in [5.41, 5.74) is -0.930. The minimum Gasteiger partial charge on any atom is -0.449 e. The lowest BCUT2D eigenvalue weighted by Crippen LogP contribution is -2.52. The number of hydrogen-bond acceptors (Lipinski definition) is 5. The topological polar surface area (TPSA) is 105 Å². The van der Waals surface area contributed by atoms with Gasteiger partial charge in [-0.1, -0.05) is 13.0 Å². The average Bonchev–Trinajstić information content (AvgIpc) is 2.96. The number of carbonyl (C=O) groups is 3. The summed E-state index contributed by atoms with van der Waals surface area (Å²) < 4.78 is 51.4. The van der Waals surface area contributed by atoms with Crippen LogP contribution in [-0.4, -0.2) is 58.8 Å². The van der Waals surface area contributed by atoms with E-state index in [0.717, 1.165) is 11.0 Å². The van der Waals surface area contributed by atoms with Crippen molar-refractivity contribution in [3.05, 3.63) is 29.6 Å². The molecule has 8 nitrogen and oxygen atoms in total. The summed E-state index contributed by atoms with van der Waals surface area (Å²) in [6.45, 7) is 5.24. The van der Waals surface area contributed by atoms with E-state index in [9.17, 15) is 27.6 Å². The Morgan fingerprint density at radius 3 is 2.39 bits per heavy atom. The maximum absolute atomic E-state index is 14.6. The molecule has 1 fully saturated rings. The quantitative estimate of drug-likeness (QED) is 0.527. The van der Waals surface area contributed by atoms with E-state index in [4.69, 9.17) is 9.84 Å². The van der Waals surface area contributed by atoms with Crippen LogP contribution in [0.15, 0.2) is 18.2 Å². The van der Waals surface area contributed by atoms with E-state index < -0.39 is 60.4 Å². The Kier molecular flexibility index (Phi) is 7.07. The fourth-order valence-electron chi connectivity index (χ4n) is 3.18. The largest absolute Gasteiger partial charge is 0.511 e. The first kappa shape index (κ1) is 24.3. The molecule has 0 bridgehead atoms. The number of halogens is 3. The van der Waals surface area contributed by atoms with Gasteiger partial charge in [-0.25, -0.2) is 22.8 Å². The molecule has 1 aromatic carbocycles. The van der Waals surface area contributed by atoms with E-state index in [1.165, 1.54) is 19.1 Å². The fourth-order valence-corrected chi connectivity index (χ4v) is 3.18. The molecule has 172 valence electrons. The van der Waals surface area contributed by atoms with Gasteiger partial charge in [-0.15, -0.1) is 0 Å². The Labute approximate surface area is 177 Å². The summed E-state index contributed by atoms with van der Waals surface area (Å²) >= 11 is 0. The highest BCUT2D eigenvalue weighted by atomic mass is 19.3. The second kappa shape index (κ2) is 9.03. The molecule has 2 rings (SSSR count). The van der Waals surface area contributed by atoms with Crippen LogP contribution in [0.4, 0.5) is 22.8 Å². The second-order valence-corrected chi connectivity index (χ2v) is 8.33. The predicted molar refractivity (Wildman–Crippen MR) is 103 cm³/mol. The first-order valence-electron chi connectivity index (χ1n) is 9.55. The van der Waals surface area contributed by atoms with Crippen molar-refractivity contribution >= 4 is 18.2 Å². The SMILES string of the molecule is C[C@@H](c1ccc(OC(=O)O)cc1F)[C@H](NC(=O)OC(C)(C)C)C(=O)N1CCC(F)(F)C1. The first-order valence-corrected chi connectivity index (χ1v) is 9.55. The third-order valence-corrected chi connectivity index (χ3v) is 4.59. The normalized spacial score (nSPS) is 17.6. The van der Waals surface area contributed by atoms with Gasteiger partial charge in [0.05, 0.1) is 6.54 Å². The van der Waals surface area contributed by atoms with Crippen molar-refractivity contribution in [1.82, 2.24) is 10.2 Å². The highest BCUT2D eigenvalue weighted by Gasteiger charge is 2.43. The van der Waals surface area contributed by atoms with Gasteiger partial charge in [-0.2, -0.15) is 0 Å². The predicted octanol–water partition coefficient (Wildman–Crippen LogP) is 3.75. The standard InChI is InChI=1S/C20H25F3N2O6/c1-11(13-6-5-12(9-14(13)21)30-18(28)29)15(24-17(27)31-19(2,3)4)16(26)25-8-7-20(22,23)10-25/h5-6,9,11,15H,7-8,10H2,1-4H3,(H,24,27)(H,28,29)/t11-,15-/m0/s1. The van der Waals surface area contributed by atoms with Gasteiger partial charge in [-0.05, 0) is 32.4 Å². The molecule has 0 aromatic heterocycles. The minimum absolute atomic E-state index is 0.0434. The number of alkyl carbamates (subject to hydrolysis) is 1. The number of hydrogen-bond donors (Lipinski definition) is 2. The van der Waals surface area contributed by atoms with Crippen LogP contribution >= 0.6 is 0 Å². The zero-order valence-electron chi connectivity index (χ0n) is 17.6. The molecule has 2 amide bonds. The minimum atomic E-state index is -3.05. The molecule has 2 atom stereocenters. The molecule has 1 aromatic rings. The number of amides is 2. The summed E-state index contributed by atoms with van der Waals surface area (Å²) in [6, 6.07) is 1.80. The van der Waals surface area contributed by atoms with E-state index in [1.54, 1.807) is 20.8 Å². The van der Waals surface area contributed by atoms with Crippen molar-refractivity contribution in [2.45, 2.75) is 57.6 Å². The smallest absolute Gasteiger partial charge is 0.449 e. The van der Waals surface area contributed by atoms with Crippen LogP contribution in [0.1, 0.15) is 45.6 Å². The number of nitrogens with one attached hydrogen (secondary N) is 1. The van der Waals surface area contributed by atoms with Crippen LogP contribution in [0.25, 0.3) is 0 Å². The lowest BCUT2D eigenvalue weighted by atomic mass is 9.91. The molecule has 0 spiro atoms. The molecule has 0 aliphatic carbocycles. The van der Waals surface area contributed by atoms with Crippen LogP contribution in [0.5, 0.6) is 5.75 Å². The van der Waals surface area contributed by atoms with Gasteiger partial charge in [0.2, 0.25) is 5.91 Å². The van der Waals surface area contributed by atoms with Crippen LogP contribution in [0.2, 0.25) is 0 Å². The number of likely N-dealkylation sites (tertiary alicyclic amines) is 1. The maximum Gasteiger partial charge on any atom is 0.511 e. The number of rotatable bonds is 5. The Bertz CT molecular complexity index is 856. The first-order chi connectivity index (χ1) is 14.2. The van der Waals surface area contributed by atoms with Crippen molar-refractivity contribution in [1.29, 1.82) is 0 Å². The number of carboxylic acid groups (broad SMARTS) is 1. The van der Waals surface area contributed by atoms with Gasteiger partial charge in [0.15, 0.2) is 0 Å². The van der Waals surface area contributed by atoms with Gasteiger partial charge < -0.3 is 24.8 Å². The summed E-state index contributed by atoms with van der Waals surface area (Å²) in [5, 5.41) is 11.0. The van der Waals surface area contributed by atoms with Crippen molar-refractivity contribution in [2.24, 2.45) is 0 Å². The van der Waals surface area contributed by atoms with Gasteiger partial charge in [-0.3, -0.25) is 4.79 Å². The monoisotopic (exact) mass is 446 g/mol. The average molecular weight is 446 g/mol. The molecule has 0 unspecified atom stereocenters. The summed E-state index contributed by atoms with van der Waals surface area (Å²) in [5.74, 6) is -6.00. The summed E-state index contributed by atoms with van der Waals surface area (Å²) in [7, 11) is 0. The number of alkyl halides is 2. The zero-order chi connectivity index (χ0) is 23.6. The molecule has 31 heavy (non-hydrogen) atoms. The Balaban J connectivity index is 2.31. The van der Waals surface area contributed by atoms with Crippen LogP contribution in [0.3, 0.4) is 0 Å². The van der Waals surface area contributed by atoms with Crippen molar-refractivity contribution in [3.8, 4) is 5.75 Å². The second-order valence-electron chi connectivity index (χ2n) is 8.33. The van der Waals surface area contributed by atoms with Gasteiger partial charge in [0.25, 0.3) is 5.92 Å². The van der Waals surface area contributed by atoms with E-state index in [1.807, 2.05) is 0 Å². The van der Waals surface area contributed by atoms with E-state index >= 15 is 0 Å². The molecule has 1 aliphatic heterocycles. The van der Waals surface area contributed by atoms with Gasteiger partial charge in [0, 0.05) is 24.9 Å². The number of nitrogens with zero attached hydrogens (tertiary/aromatic N) is 1. The molecule has 1 heterocycles. The Morgan fingerprint density at radius 2 is 1.90 bits per heavy atom. The third kappa shape index (κ3) is 6.76. The molecular weight excluding hydrogens is 421 g/mol. The fraction of sp³-hybridized carbons (Fsp3) is 0.550. The van der Waals surface area contributed by atoms with Gasteiger partial charge in [0.1, 0.15) is 23.2 Å². The molecule has 2 N–H and O–H groups in total. The molecular formula is C20H25F3N2O6. The molecule has 1 aliphatic rings. The lowest BCUT2D eigenvalue weighted by molar-refractivity contribution is -0.134. The number of benzene rings is 1. The molecule has 1 saturated heterocycles. The number of ether oxygens (including phenoxy) is 2. The zero-order valence-corrected chi connectivity index (χ0v) is 17.6. The summed E-state index contributed by atoms with van der Waals surface area (Å²) in [6.07, 6.45) is -3.10. The van der Waals surface area contributed by atoms with E-state index in [0.29, 0.717) is 0 Å². The van der Waals surface area contributed by atoms with Gasteiger partial charge >= 0.3 is 12.2 Å². The van der Waals surface area contributed by atoms with E-state index in [-0.39, 0.29) is 17.9 Å². The third-order valence-electron chi connectivity index (χ3n) is 4.59. The van der Waals surface area contributed by atoms with Crippen LogP contribution in [0, 0.1) is 5.82 Å². The number of carbonyl (C=O) groups excluding carboxylic acids is 2. The van der Waals surface area contributed by atoms with Crippen molar-refractivity contribution in [3.63, 3.8) is 0 Å².